The number of benzene rings is 1. The molecule has 0 aromatic heterocycles. The van der Waals surface area contributed by atoms with Crippen LogP contribution in [-0.2, 0) is 9.53 Å². The lowest BCUT2D eigenvalue weighted by molar-refractivity contribution is -0.134. The van der Waals surface area contributed by atoms with E-state index in [1.54, 1.807) is 11.0 Å². The number of carbonyl (C=O) groups is 1. The summed E-state index contributed by atoms with van der Waals surface area (Å²) >= 11 is 0. The lowest BCUT2D eigenvalue weighted by atomic mass is 10.1. The maximum Gasteiger partial charge on any atom is 0.246 e. The van der Waals surface area contributed by atoms with Crippen LogP contribution in [0.1, 0.15) is 16.7 Å². The summed E-state index contributed by atoms with van der Waals surface area (Å²) in [4.78, 5) is 13.8. The minimum Gasteiger partial charge on any atom is -0.394 e. The molecular formula is C16H21NO3. The Balaban J connectivity index is 2.01. The molecule has 0 spiro atoms. The summed E-state index contributed by atoms with van der Waals surface area (Å²) in [6.07, 6.45) is 3.18. The number of aliphatic hydroxyl groups excluding tert-OH is 1. The van der Waals surface area contributed by atoms with Gasteiger partial charge in [-0.05, 0) is 31.1 Å². The molecule has 1 unspecified atom stereocenters. The van der Waals surface area contributed by atoms with E-state index in [9.17, 15) is 4.79 Å². The molecule has 1 N–H and O–H groups in total. The van der Waals surface area contributed by atoms with Crippen LogP contribution in [-0.4, -0.2) is 48.3 Å². The number of ether oxygens (including phenoxy) is 1. The van der Waals surface area contributed by atoms with E-state index in [2.05, 4.69) is 13.0 Å². The predicted molar refractivity (Wildman–Crippen MR) is 78.4 cm³/mol. The third kappa shape index (κ3) is 3.68. The SMILES string of the molecule is Cc1ccc(/C=C/C(=O)N2CCOC(CO)C2)c(C)c1. The smallest absolute Gasteiger partial charge is 0.246 e. The average Bonchev–Trinajstić information content (AvgIpc) is 2.46. The minimum atomic E-state index is -0.262. The van der Waals surface area contributed by atoms with Crippen molar-refractivity contribution in [1.29, 1.82) is 0 Å². The van der Waals surface area contributed by atoms with Crippen molar-refractivity contribution in [2.75, 3.05) is 26.3 Å². The number of hydrogen-bond acceptors (Lipinski definition) is 3. The standard InChI is InChI=1S/C16H21NO3/c1-12-3-4-14(13(2)9-12)5-6-16(19)17-7-8-20-15(10-17)11-18/h3-6,9,15,18H,7-8,10-11H2,1-2H3/b6-5+. The number of amides is 1. The molecule has 108 valence electrons. The van der Waals surface area contributed by atoms with Crippen molar-refractivity contribution in [2.45, 2.75) is 20.0 Å². The first-order chi connectivity index (χ1) is 9.60. The van der Waals surface area contributed by atoms with Gasteiger partial charge in [0.1, 0.15) is 0 Å². The normalized spacial score (nSPS) is 19.6. The van der Waals surface area contributed by atoms with E-state index in [4.69, 9.17) is 9.84 Å². The van der Waals surface area contributed by atoms with Gasteiger partial charge in [-0.2, -0.15) is 0 Å². The molecule has 1 heterocycles. The zero-order valence-corrected chi connectivity index (χ0v) is 12.0. The van der Waals surface area contributed by atoms with E-state index in [1.165, 1.54) is 5.56 Å². The summed E-state index contributed by atoms with van der Waals surface area (Å²) in [6, 6.07) is 6.15. The number of morpholine rings is 1. The van der Waals surface area contributed by atoms with Gasteiger partial charge in [-0.25, -0.2) is 0 Å². The molecule has 1 aromatic rings. The van der Waals surface area contributed by atoms with E-state index < -0.39 is 0 Å². The fraction of sp³-hybridized carbons (Fsp3) is 0.438. The van der Waals surface area contributed by atoms with Crippen molar-refractivity contribution in [3.63, 3.8) is 0 Å². The van der Waals surface area contributed by atoms with Gasteiger partial charge in [0, 0.05) is 19.2 Å². The number of nitrogens with zero attached hydrogens (tertiary/aromatic N) is 1. The first-order valence-corrected chi connectivity index (χ1v) is 6.87. The van der Waals surface area contributed by atoms with Gasteiger partial charge < -0.3 is 14.7 Å². The molecule has 1 amide bonds. The fourth-order valence-corrected chi connectivity index (χ4v) is 2.31. The monoisotopic (exact) mass is 275 g/mol. The molecule has 4 nitrogen and oxygen atoms in total. The second kappa shape index (κ2) is 6.68. The fourth-order valence-electron chi connectivity index (χ4n) is 2.31. The van der Waals surface area contributed by atoms with Gasteiger partial charge in [0.2, 0.25) is 5.91 Å². The summed E-state index contributed by atoms with van der Waals surface area (Å²) < 4.78 is 5.33. The van der Waals surface area contributed by atoms with E-state index >= 15 is 0 Å². The second-order valence-electron chi connectivity index (χ2n) is 5.15. The van der Waals surface area contributed by atoms with Crippen LogP contribution in [0.25, 0.3) is 6.08 Å². The first-order valence-electron chi connectivity index (χ1n) is 6.87. The van der Waals surface area contributed by atoms with Gasteiger partial charge in [0.15, 0.2) is 0 Å². The quantitative estimate of drug-likeness (QED) is 0.851. The summed E-state index contributed by atoms with van der Waals surface area (Å²) in [5, 5.41) is 9.08. The van der Waals surface area contributed by atoms with Crippen molar-refractivity contribution in [3.05, 3.63) is 41.0 Å². The third-order valence-electron chi connectivity index (χ3n) is 3.48. The number of hydrogen-bond donors (Lipinski definition) is 1. The molecule has 1 aromatic carbocycles. The number of rotatable bonds is 3. The summed E-state index contributed by atoms with van der Waals surface area (Å²) in [6.45, 7) is 5.54. The minimum absolute atomic E-state index is 0.0354. The number of carbonyl (C=O) groups excluding carboxylic acids is 1. The van der Waals surface area contributed by atoms with E-state index in [1.807, 2.05) is 25.1 Å². The highest BCUT2D eigenvalue weighted by Gasteiger charge is 2.22. The Kier molecular flexibility index (Phi) is 4.93. The molecule has 4 heteroatoms. The lowest BCUT2D eigenvalue weighted by Gasteiger charge is -2.31. The summed E-state index contributed by atoms with van der Waals surface area (Å²) in [5.41, 5.74) is 3.42. The van der Waals surface area contributed by atoms with Crippen molar-refractivity contribution < 1.29 is 14.6 Å². The molecule has 0 saturated carbocycles. The van der Waals surface area contributed by atoms with Crippen LogP contribution in [0.4, 0.5) is 0 Å². The third-order valence-corrected chi connectivity index (χ3v) is 3.48. The van der Waals surface area contributed by atoms with Crippen LogP contribution in [0.5, 0.6) is 0 Å². The van der Waals surface area contributed by atoms with Gasteiger partial charge in [0.05, 0.1) is 19.3 Å². The Morgan fingerprint density at radius 1 is 1.50 bits per heavy atom. The Labute approximate surface area is 119 Å². The molecule has 0 radical (unpaired) electrons. The molecule has 1 saturated heterocycles. The number of aryl methyl sites for hydroxylation is 2. The zero-order valence-electron chi connectivity index (χ0n) is 12.0. The van der Waals surface area contributed by atoms with Crippen molar-refractivity contribution in [3.8, 4) is 0 Å². The van der Waals surface area contributed by atoms with Crippen LogP contribution in [0.3, 0.4) is 0 Å². The molecule has 1 atom stereocenters. The molecule has 0 aliphatic carbocycles. The van der Waals surface area contributed by atoms with Crippen molar-refractivity contribution >= 4 is 12.0 Å². The highest BCUT2D eigenvalue weighted by atomic mass is 16.5. The molecule has 0 bridgehead atoms. The van der Waals surface area contributed by atoms with Gasteiger partial charge in [-0.1, -0.05) is 23.8 Å². The Bertz CT molecular complexity index is 510. The largest absolute Gasteiger partial charge is 0.394 e. The van der Waals surface area contributed by atoms with E-state index in [0.717, 1.165) is 11.1 Å². The van der Waals surface area contributed by atoms with E-state index in [-0.39, 0.29) is 18.6 Å². The van der Waals surface area contributed by atoms with Crippen molar-refractivity contribution in [1.82, 2.24) is 4.90 Å². The van der Waals surface area contributed by atoms with Gasteiger partial charge in [-0.15, -0.1) is 0 Å². The Hall–Kier alpha value is -1.65. The van der Waals surface area contributed by atoms with Gasteiger partial charge in [0.25, 0.3) is 0 Å². The topological polar surface area (TPSA) is 49.8 Å². The summed E-state index contributed by atoms with van der Waals surface area (Å²) in [5.74, 6) is -0.0354. The Morgan fingerprint density at radius 2 is 2.30 bits per heavy atom. The van der Waals surface area contributed by atoms with Crippen LogP contribution in [0.2, 0.25) is 0 Å². The second-order valence-corrected chi connectivity index (χ2v) is 5.15. The highest BCUT2D eigenvalue weighted by Crippen LogP contribution is 2.13. The molecule has 2 rings (SSSR count). The van der Waals surface area contributed by atoms with Gasteiger partial charge in [-0.3, -0.25) is 4.79 Å². The van der Waals surface area contributed by atoms with Crippen LogP contribution in [0, 0.1) is 13.8 Å². The molecule has 20 heavy (non-hydrogen) atoms. The van der Waals surface area contributed by atoms with Crippen molar-refractivity contribution in [2.24, 2.45) is 0 Å². The first kappa shape index (κ1) is 14.8. The average molecular weight is 275 g/mol. The molecule has 1 fully saturated rings. The van der Waals surface area contributed by atoms with Gasteiger partial charge >= 0.3 is 0 Å². The lowest BCUT2D eigenvalue weighted by Crippen LogP contribution is -2.46. The van der Waals surface area contributed by atoms with E-state index in [0.29, 0.717) is 19.7 Å². The highest BCUT2D eigenvalue weighted by molar-refractivity contribution is 5.92. The molecular weight excluding hydrogens is 254 g/mol. The molecule has 1 aliphatic rings. The van der Waals surface area contributed by atoms with Crippen LogP contribution < -0.4 is 0 Å². The zero-order chi connectivity index (χ0) is 14.5. The maximum atomic E-state index is 12.1. The van der Waals surface area contributed by atoms with Crippen LogP contribution in [0.15, 0.2) is 24.3 Å². The Morgan fingerprint density at radius 3 is 3.00 bits per heavy atom. The summed E-state index contributed by atoms with van der Waals surface area (Å²) in [7, 11) is 0. The molecule has 1 aliphatic heterocycles. The predicted octanol–water partition coefficient (Wildman–Crippen LogP) is 1.54. The maximum absolute atomic E-state index is 12.1. The number of aliphatic hydroxyl groups is 1. The van der Waals surface area contributed by atoms with Crippen LogP contribution >= 0.6 is 0 Å².